The summed E-state index contributed by atoms with van der Waals surface area (Å²) in [6, 6.07) is 0. The maximum Gasteiger partial charge on any atom is 0.407 e. The van der Waals surface area contributed by atoms with Crippen LogP contribution in [0.25, 0.3) is 0 Å². The number of carbonyl (C=O) groups is 1. The van der Waals surface area contributed by atoms with E-state index in [1.807, 2.05) is 20.8 Å². The van der Waals surface area contributed by atoms with Gasteiger partial charge >= 0.3 is 6.09 Å². The number of thioether (sulfide) groups is 1. The highest BCUT2D eigenvalue weighted by Gasteiger charge is 2.23. The molecule has 0 aromatic rings. The van der Waals surface area contributed by atoms with E-state index >= 15 is 0 Å². The summed E-state index contributed by atoms with van der Waals surface area (Å²) in [4.78, 5) is 16.6. The molecule has 0 saturated carbocycles. The van der Waals surface area contributed by atoms with E-state index in [0.29, 0.717) is 6.54 Å². The molecule has 0 aromatic carbocycles. The van der Waals surface area contributed by atoms with Crippen LogP contribution in [0.1, 0.15) is 34.1 Å². The second kappa shape index (κ2) is 6.14. The normalized spacial score (nSPS) is 19.5. The summed E-state index contributed by atoms with van der Waals surface area (Å²) in [5.41, 5.74) is -0.472. The number of hydrogen-bond donors (Lipinski definition) is 1. The fraction of sp³-hybridized carbons (Fsp3) is 0.818. The van der Waals surface area contributed by atoms with Gasteiger partial charge in [-0.2, -0.15) is 0 Å². The van der Waals surface area contributed by atoms with Crippen LogP contribution in [0.2, 0.25) is 0 Å². The van der Waals surface area contributed by atoms with Crippen molar-refractivity contribution in [2.45, 2.75) is 45.8 Å². The summed E-state index contributed by atoms with van der Waals surface area (Å²) in [6.45, 7) is 7.99. The van der Waals surface area contributed by atoms with Gasteiger partial charge < -0.3 is 14.9 Å². The lowest BCUT2D eigenvalue weighted by molar-refractivity contribution is 0.0439. The zero-order chi connectivity index (χ0) is 12.9. The largest absolute Gasteiger partial charge is 0.444 e. The first kappa shape index (κ1) is 14.2. The van der Waals surface area contributed by atoms with E-state index in [1.54, 1.807) is 11.8 Å². The molecule has 0 aliphatic carbocycles. The molecule has 1 heterocycles. The Morgan fingerprint density at radius 1 is 1.65 bits per heavy atom. The lowest BCUT2D eigenvalue weighted by atomic mass is 10.2. The first-order valence-electron chi connectivity index (χ1n) is 5.73. The summed E-state index contributed by atoms with van der Waals surface area (Å²) >= 11 is 1.67. The molecule has 0 aromatic heterocycles. The van der Waals surface area contributed by atoms with Gasteiger partial charge in [0.2, 0.25) is 0 Å². The molecule has 1 N–H and O–H groups in total. The van der Waals surface area contributed by atoms with Crippen LogP contribution < -0.4 is 5.32 Å². The number of carbonyl (C=O) groups excluding carboxylic acids is 1. The van der Waals surface area contributed by atoms with E-state index in [-0.39, 0.29) is 6.10 Å². The molecular weight excluding hydrogens is 240 g/mol. The zero-order valence-corrected chi connectivity index (χ0v) is 11.6. The SMILES string of the molecule is CCSC1=NOC(CNC(=O)OC(C)(C)C)C1. The molecular formula is C11H20N2O3S. The third-order valence-corrected chi connectivity index (χ3v) is 2.75. The fourth-order valence-corrected chi connectivity index (χ4v) is 2.01. The number of hydrogen-bond acceptors (Lipinski definition) is 5. The molecule has 1 atom stereocenters. The molecule has 1 rings (SSSR count). The van der Waals surface area contributed by atoms with Gasteiger partial charge in [0, 0.05) is 6.42 Å². The van der Waals surface area contributed by atoms with Crippen molar-refractivity contribution in [3.8, 4) is 0 Å². The Hall–Kier alpha value is -0.910. The predicted octanol–water partition coefficient (Wildman–Crippen LogP) is 2.37. The van der Waals surface area contributed by atoms with Crippen molar-refractivity contribution in [2.24, 2.45) is 5.16 Å². The van der Waals surface area contributed by atoms with Crippen LogP contribution in [0, 0.1) is 0 Å². The van der Waals surface area contributed by atoms with Crippen molar-refractivity contribution in [3.63, 3.8) is 0 Å². The molecule has 1 aliphatic heterocycles. The fourth-order valence-electron chi connectivity index (χ4n) is 1.28. The molecule has 98 valence electrons. The molecule has 0 radical (unpaired) electrons. The second-order valence-electron chi connectivity index (χ2n) is 4.73. The Morgan fingerprint density at radius 3 is 2.94 bits per heavy atom. The third-order valence-electron chi connectivity index (χ3n) is 1.89. The van der Waals surface area contributed by atoms with E-state index in [4.69, 9.17) is 9.57 Å². The van der Waals surface area contributed by atoms with Gasteiger partial charge in [-0.15, -0.1) is 11.8 Å². The van der Waals surface area contributed by atoms with Crippen molar-refractivity contribution in [2.75, 3.05) is 12.3 Å². The minimum absolute atomic E-state index is 0.0726. The molecule has 0 bridgehead atoms. The number of rotatable bonds is 3. The molecule has 1 unspecified atom stereocenters. The standard InChI is InChI=1S/C11H20N2O3S/c1-5-17-9-6-8(16-13-9)7-12-10(14)15-11(2,3)4/h8H,5-7H2,1-4H3,(H,12,14). The van der Waals surface area contributed by atoms with Gasteiger partial charge in [-0.1, -0.05) is 12.1 Å². The van der Waals surface area contributed by atoms with Gasteiger partial charge in [0.25, 0.3) is 0 Å². The minimum atomic E-state index is -0.472. The molecule has 0 fully saturated rings. The van der Waals surface area contributed by atoms with Crippen LogP contribution in [0.5, 0.6) is 0 Å². The lowest BCUT2D eigenvalue weighted by Gasteiger charge is -2.20. The Balaban J connectivity index is 2.19. The lowest BCUT2D eigenvalue weighted by Crippen LogP contribution is -2.36. The van der Waals surface area contributed by atoms with Crippen LogP contribution in [-0.2, 0) is 9.57 Å². The van der Waals surface area contributed by atoms with E-state index in [0.717, 1.165) is 17.2 Å². The van der Waals surface area contributed by atoms with Crippen molar-refractivity contribution in [1.29, 1.82) is 0 Å². The number of amides is 1. The summed E-state index contributed by atoms with van der Waals surface area (Å²) in [5, 5.41) is 7.61. The van der Waals surface area contributed by atoms with Crippen molar-refractivity contribution >= 4 is 22.9 Å². The maximum absolute atomic E-state index is 11.4. The average molecular weight is 260 g/mol. The molecule has 1 amide bonds. The Kier molecular flexibility index (Phi) is 5.11. The Bertz CT molecular complexity index is 300. The van der Waals surface area contributed by atoms with E-state index in [1.165, 1.54) is 0 Å². The smallest absolute Gasteiger partial charge is 0.407 e. The summed E-state index contributed by atoms with van der Waals surface area (Å²) in [7, 11) is 0. The van der Waals surface area contributed by atoms with Crippen LogP contribution in [0.4, 0.5) is 4.79 Å². The van der Waals surface area contributed by atoms with E-state index in [2.05, 4.69) is 17.4 Å². The second-order valence-corrected chi connectivity index (χ2v) is 6.07. The van der Waals surface area contributed by atoms with Gasteiger partial charge in [-0.05, 0) is 26.5 Å². The van der Waals surface area contributed by atoms with E-state index in [9.17, 15) is 4.79 Å². The third kappa shape index (κ3) is 5.81. The molecule has 17 heavy (non-hydrogen) atoms. The van der Waals surface area contributed by atoms with Gasteiger partial charge in [-0.25, -0.2) is 4.79 Å². The first-order chi connectivity index (χ1) is 7.90. The van der Waals surface area contributed by atoms with Gasteiger partial charge in [-0.3, -0.25) is 0 Å². The minimum Gasteiger partial charge on any atom is -0.444 e. The van der Waals surface area contributed by atoms with Gasteiger partial charge in [0.15, 0.2) is 6.10 Å². The number of alkyl carbamates (subject to hydrolysis) is 1. The predicted molar refractivity (Wildman–Crippen MR) is 69.3 cm³/mol. The highest BCUT2D eigenvalue weighted by atomic mass is 32.2. The molecule has 1 aliphatic rings. The highest BCUT2D eigenvalue weighted by molar-refractivity contribution is 8.13. The molecule has 5 nitrogen and oxygen atoms in total. The van der Waals surface area contributed by atoms with Crippen molar-refractivity contribution < 1.29 is 14.4 Å². The number of oxime groups is 1. The zero-order valence-electron chi connectivity index (χ0n) is 10.8. The Labute approximate surface area is 106 Å². The monoisotopic (exact) mass is 260 g/mol. The first-order valence-corrected chi connectivity index (χ1v) is 6.71. The summed E-state index contributed by atoms with van der Waals surface area (Å²) in [5.74, 6) is 0.981. The van der Waals surface area contributed by atoms with Crippen molar-refractivity contribution in [3.05, 3.63) is 0 Å². The molecule has 0 spiro atoms. The number of ether oxygens (including phenoxy) is 1. The van der Waals surface area contributed by atoms with Gasteiger partial charge in [0.1, 0.15) is 10.6 Å². The molecule has 6 heteroatoms. The number of nitrogens with one attached hydrogen (secondary N) is 1. The summed E-state index contributed by atoms with van der Waals surface area (Å²) < 4.78 is 5.12. The maximum atomic E-state index is 11.4. The Morgan fingerprint density at radius 2 is 2.35 bits per heavy atom. The van der Waals surface area contributed by atoms with Gasteiger partial charge in [0.05, 0.1) is 6.54 Å². The van der Waals surface area contributed by atoms with Crippen LogP contribution >= 0.6 is 11.8 Å². The van der Waals surface area contributed by atoms with Crippen LogP contribution in [0.15, 0.2) is 5.16 Å². The molecule has 0 saturated heterocycles. The van der Waals surface area contributed by atoms with Crippen LogP contribution in [-0.4, -0.2) is 35.1 Å². The average Bonchev–Trinajstić information content (AvgIpc) is 2.61. The van der Waals surface area contributed by atoms with Crippen molar-refractivity contribution in [1.82, 2.24) is 5.32 Å². The topological polar surface area (TPSA) is 59.9 Å². The highest BCUT2D eigenvalue weighted by Crippen LogP contribution is 2.18. The number of nitrogens with zero attached hydrogens (tertiary/aromatic N) is 1. The summed E-state index contributed by atoms with van der Waals surface area (Å²) in [6.07, 6.45) is 0.267. The quantitative estimate of drug-likeness (QED) is 0.846. The van der Waals surface area contributed by atoms with E-state index < -0.39 is 11.7 Å². The van der Waals surface area contributed by atoms with Crippen LogP contribution in [0.3, 0.4) is 0 Å².